The van der Waals surface area contributed by atoms with Gasteiger partial charge in [-0.1, -0.05) is 22.9 Å². The van der Waals surface area contributed by atoms with E-state index < -0.39 is 0 Å². The van der Waals surface area contributed by atoms with Crippen LogP contribution in [-0.4, -0.2) is 26.2 Å². The molecule has 0 amide bonds. The van der Waals surface area contributed by atoms with Gasteiger partial charge in [-0.05, 0) is 58.8 Å². The summed E-state index contributed by atoms with van der Waals surface area (Å²) in [5, 5.41) is 12.3. The highest BCUT2D eigenvalue weighted by atomic mass is 79.9. The summed E-state index contributed by atoms with van der Waals surface area (Å²) in [7, 11) is 1.83. The van der Waals surface area contributed by atoms with Crippen molar-refractivity contribution < 1.29 is 0 Å². The first-order chi connectivity index (χ1) is 9.10. The van der Waals surface area contributed by atoms with Crippen molar-refractivity contribution in [1.82, 2.24) is 20.2 Å². The molecular weight excluding hydrogens is 326 g/mol. The van der Waals surface area contributed by atoms with Crippen molar-refractivity contribution in [3.8, 4) is 0 Å². The van der Waals surface area contributed by atoms with Crippen LogP contribution in [0, 0.1) is 0 Å². The van der Waals surface area contributed by atoms with E-state index >= 15 is 0 Å². The number of halogens is 1. The van der Waals surface area contributed by atoms with E-state index in [1.165, 1.54) is 5.56 Å². The molecule has 2 aromatic rings. The third-order valence-electron chi connectivity index (χ3n) is 2.81. The second kappa shape index (κ2) is 6.49. The molecule has 1 aromatic heterocycles. The molecular formula is C12H16BrN5S. The first-order valence-corrected chi connectivity index (χ1v) is 7.65. The van der Waals surface area contributed by atoms with E-state index in [4.69, 9.17) is 5.73 Å². The average molecular weight is 342 g/mol. The van der Waals surface area contributed by atoms with Gasteiger partial charge in [-0.15, -0.1) is 5.10 Å². The molecule has 0 saturated heterocycles. The first-order valence-electron chi connectivity index (χ1n) is 6.04. The molecule has 1 unspecified atom stereocenters. The fourth-order valence-electron chi connectivity index (χ4n) is 1.64. The van der Waals surface area contributed by atoms with Crippen molar-refractivity contribution in [3.05, 3.63) is 28.2 Å². The number of hydrogen-bond acceptors (Lipinski definition) is 5. The molecule has 1 aromatic carbocycles. The zero-order valence-corrected chi connectivity index (χ0v) is 13.3. The standard InChI is InChI=1S/C12H16BrN5S/c1-3-10(14)7-8-6-9(13)4-5-11(8)19-12-15-16-17-18(12)2/h4-6,10H,3,7,14H2,1-2H3. The first kappa shape index (κ1) is 14.5. The SMILES string of the molecule is CCC(N)Cc1cc(Br)ccc1Sc1nnnn1C. The van der Waals surface area contributed by atoms with Crippen LogP contribution in [0.25, 0.3) is 0 Å². The molecule has 5 nitrogen and oxygen atoms in total. The molecule has 2 N–H and O–H groups in total. The molecule has 0 fully saturated rings. The average Bonchev–Trinajstić information content (AvgIpc) is 2.78. The quantitative estimate of drug-likeness (QED) is 0.904. The van der Waals surface area contributed by atoms with Crippen LogP contribution in [0.15, 0.2) is 32.7 Å². The van der Waals surface area contributed by atoms with Gasteiger partial charge >= 0.3 is 0 Å². The van der Waals surface area contributed by atoms with Gasteiger partial charge in [0.2, 0.25) is 5.16 Å². The molecule has 2 rings (SSSR count). The molecule has 0 saturated carbocycles. The highest BCUT2D eigenvalue weighted by Gasteiger charge is 2.12. The zero-order valence-electron chi connectivity index (χ0n) is 10.9. The fraction of sp³-hybridized carbons (Fsp3) is 0.417. The van der Waals surface area contributed by atoms with Crippen molar-refractivity contribution in [1.29, 1.82) is 0 Å². The van der Waals surface area contributed by atoms with Crippen molar-refractivity contribution in [2.75, 3.05) is 0 Å². The molecule has 0 bridgehead atoms. The van der Waals surface area contributed by atoms with Gasteiger partial charge in [-0.25, -0.2) is 4.68 Å². The molecule has 19 heavy (non-hydrogen) atoms. The van der Waals surface area contributed by atoms with Gasteiger partial charge in [0.25, 0.3) is 0 Å². The third kappa shape index (κ3) is 3.77. The number of nitrogens with two attached hydrogens (primary N) is 1. The van der Waals surface area contributed by atoms with Gasteiger partial charge in [0.15, 0.2) is 0 Å². The monoisotopic (exact) mass is 341 g/mol. The van der Waals surface area contributed by atoms with Gasteiger partial charge < -0.3 is 5.73 Å². The summed E-state index contributed by atoms with van der Waals surface area (Å²) in [5.74, 6) is 0. The zero-order chi connectivity index (χ0) is 13.8. The fourth-order valence-corrected chi connectivity index (χ4v) is 2.90. The predicted molar refractivity (Wildman–Crippen MR) is 79.0 cm³/mol. The Kier molecular flexibility index (Phi) is 4.95. The number of benzene rings is 1. The molecule has 102 valence electrons. The summed E-state index contributed by atoms with van der Waals surface area (Å²) in [6, 6.07) is 6.38. The van der Waals surface area contributed by atoms with Gasteiger partial charge in [0.05, 0.1) is 0 Å². The Labute approximate surface area is 125 Å². The van der Waals surface area contributed by atoms with Crippen LogP contribution < -0.4 is 5.73 Å². The van der Waals surface area contributed by atoms with Crippen LogP contribution in [-0.2, 0) is 13.5 Å². The van der Waals surface area contributed by atoms with Crippen LogP contribution in [0.2, 0.25) is 0 Å². The Balaban J connectivity index is 2.26. The molecule has 7 heteroatoms. The summed E-state index contributed by atoms with van der Waals surface area (Å²) < 4.78 is 2.72. The lowest BCUT2D eigenvalue weighted by atomic mass is 10.1. The van der Waals surface area contributed by atoms with Crippen molar-refractivity contribution in [2.45, 2.75) is 35.9 Å². The number of nitrogens with zero attached hydrogens (tertiary/aromatic N) is 4. The molecule has 0 aliphatic heterocycles. The number of aromatic nitrogens is 4. The Morgan fingerprint density at radius 1 is 1.47 bits per heavy atom. The van der Waals surface area contributed by atoms with E-state index in [9.17, 15) is 0 Å². The summed E-state index contributed by atoms with van der Waals surface area (Å²) in [6.45, 7) is 2.10. The molecule has 1 heterocycles. The minimum atomic E-state index is 0.172. The second-order valence-electron chi connectivity index (χ2n) is 4.31. The topological polar surface area (TPSA) is 69.6 Å². The number of hydrogen-bond donors (Lipinski definition) is 1. The third-order valence-corrected chi connectivity index (χ3v) is 4.45. The van der Waals surface area contributed by atoms with Gasteiger partial charge in [-0.3, -0.25) is 0 Å². The Hall–Kier alpha value is -0.920. The lowest BCUT2D eigenvalue weighted by molar-refractivity contribution is 0.640. The van der Waals surface area contributed by atoms with E-state index in [1.54, 1.807) is 16.4 Å². The van der Waals surface area contributed by atoms with Crippen LogP contribution >= 0.6 is 27.7 Å². The van der Waals surface area contributed by atoms with Crippen molar-refractivity contribution >= 4 is 27.7 Å². The molecule has 0 radical (unpaired) electrons. The van der Waals surface area contributed by atoms with E-state index in [2.05, 4.69) is 50.5 Å². The maximum absolute atomic E-state index is 6.06. The normalized spacial score (nSPS) is 12.6. The smallest absolute Gasteiger partial charge is 0.213 e. The summed E-state index contributed by atoms with van der Waals surface area (Å²) in [5.41, 5.74) is 7.28. The Bertz CT molecular complexity index is 557. The summed E-state index contributed by atoms with van der Waals surface area (Å²) in [4.78, 5) is 1.14. The molecule has 1 atom stereocenters. The van der Waals surface area contributed by atoms with Gasteiger partial charge in [-0.2, -0.15) is 0 Å². The number of tetrazole rings is 1. The van der Waals surface area contributed by atoms with E-state index in [0.29, 0.717) is 0 Å². The molecule has 0 spiro atoms. The minimum Gasteiger partial charge on any atom is -0.327 e. The number of rotatable bonds is 5. The second-order valence-corrected chi connectivity index (χ2v) is 6.24. The largest absolute Gasteiger partial charge is 0.327 e. The van der Waals surface area contributed by atoms with Crippen LogP contribution in [0.3, 0.4) is 0 Å². The van der Waals surface area contributed by atoms with Crippen LogP contribution in [0.5, 0.6) is 0 Å². The van der Waals surface area contributed by atoms with Crippen molar-refractivity contribution in [3.63, 3.8) is 0 Å². The Morgan fingerprint density at radius 3 is 2.89 bits per heavy atom. The van der Waals surface area contributed by atoms with Crippen molar-refractivity contribution in [2.24, 2.45) is 12.8 Å². The van der Waals surface area contributed by atoms with Crippen LogP contribution in [0.1, 0.15) is 18.9 Å². The summed E-state index contributed by atoms with van der Waals surface area (Å²) >= 11 is 5.06. The molecule has 0 aliphatic rings. The van der Waals surface area contributed by atoms with E-state index in [-0.39, 0.29) is 6.04 Å². The lowest BCUT2D eigenvalue weighted by Gasteiger charge is -2.13. The Morgan fingerprint density at radius 2 is 2.26 bits per heavy atom. The highest BCUT2D eigenvalue weighted by molar-refractivity contribution is 9.10. The van der Waals surface area contributed by atoms with Gasteiger partial charge in [0, 0.05) is 22.5 Å². The van der Waals surface area contributed by atoms with Gasteiger partial charge in [0.1, 0.15) is 0 Å². The minimum absolute atomic E-state index is 0.172. The number of aryl methyl sites for hydroxylation is 1. The highest BCUT2D eigenvalue weighted by Crippen LogP contribution is 2.31. The lowest BCUT2D eigenvalue weighted by Crippen LogP contribution is -2.21. The maximum atomic E-state index is 6.06. The predicted octanol–water partition coefficient (Wildman–Crippen LogP) is 2.40. The molecule has 0 aliphatic carbocycles. The van der Waals surface area contributed by atoms with E-state index in [0.717, 1.165) is 27.4 Å². The van der Waals surface area contributed by atoms with Crippen LogP contribution in [0.4, 0.5) is 0 Å². The van der Waals surface area contributed by atoms with E-state index in [1.807, 2.05) is 13.1 Å². The summed E-state index contributed by atoms with van der Waals surface area (Å²) in [6.07, 6.45) is 1.81. The maximum Gasteiger partial charge on any atom is 0.213 e.